The largest absolute Gasteiger partial charge is 0.494 e. The van der Waals surface area contributed by atoms with E-state index in [1.54, 1.807) is 0 Å². The Bertz CT molecular complexity index is 465. The van der Waals surface area contributed by atoms with Crippen molar-refractivity contribution in [3.63, 3.8) is 0 Å². The van der Waals surface area contributed by atoms with E-state index in [1.165, 1.54) is 12.5 Å². The van der Waals surface area contributed by atoms with Crippen LogP contribution in [0.25, 0.3) is 0 Å². The van der Waals surface area contributed by atoms with Crippen molar-refractivity contribution in [2.45, 2.75) is 44.8 Å². The molecule has 1 atom stereocenters. The molecule has 0 aliphatic carbocycles. The van der Waals surface area contributed by atoms with Crippen LogP contribution in [-0.4, -0.2) is 24.8 Å². The number of hydrogen-bond donors (Lipinski definition) is 1. The van der Waals surface area contributed by atoms with E-state index in [9.17, 15) is 8.42 Å². The van der Waals surface area contributed by atoms with Crippen LogP contribution in [0.5, 0.6) is 5.75 Å². The van der Waals surface area contributed by atoms with Gasteiger partial charge in [-0.25, -0.2) is 0 Å². The van der Waals surface area contributed by atoms with Crippen molar-refractivity contribution in [2.75, 3.05) is 6.61 Å². The molecular formula is C14H22O4S. The molecule has 0 saturated heterocycles. The van der Waals surface area contributed by atoms with Crippen molar-refractivity contribution >= 4 is 10.1 Å². The van der Waals surface area contributed by atoms with E-state index in [4.69, 9.17) is 9.29 Å². The summed E-state index contributed by atoms with van der Waals surface area (Å²) in [4.78, 5) is 0. The second-order valence-corrected chi connectivity index (χ2v) is 6.67. The Labute approximate surface area is 115 Å². The number of ether oxygens (including phenoxy) is 1. The Hall–Kier alpha value is -1.07. The molecule has 0 heterocycles. The molecule has 1 aromatic carbocycles. The van der Waals surface area contributed by atoms with Gasteiger partial charge in [-0.2, -0.15) is 8.42 Å². The standard InChI is InChI=1S/C14H22O4S/c1-12-7-9-14(10-8-12)18-11-5-3-4-6-13(2)19(15,16)17/h7-10,13H,3-6,11H2,1-2H3,(H,15,16,17). The van der Waals surface area contributed by atoms with E-state index in [2.05, 4.69) is 0 Å². The molecule has 0 radical (unpaired) electrons. The molecule has 1 N–H and O–H groups in total. The van der Waals surface area contributed by atoms with E-state index in [0.29, 0.717) is 13.0 Å². The molecule has 1 rings (SSSR count). The van der Waals surface area contributed by atoms with Crippen LogP contribution in [0.4, 0.5) is 0 Å². The van der Waals surface area contributed by atoms with Crippen molar-refractivity contribution in [2.24, 2.45) is 0 Å². The predicted molar refractivity (Wildman–Crippen MR) is 76.2 cm³/mol. The number of hydrogen-bond acceptors (Lipinski definition) is 3. The van der Waals surface area contributed by atoms with Gasteiger partial charge in [-0.1, -0.05) is 30.5 Å². The van der Waals surface area contributed by atoms with Crippen LogP contribution in [-0.2, 0) is 10.1 Å². The highest BCUT2D eigenvalue weighted by molar-refractivity contribution is 7.86. The van der Waals surface area contributed by atoms with Gasteiger partial charge >= 0.3 is 0 Å². The zero-order valence-electron chi connectivity index (χ0n) is 11.5. The zero-order valence-corrected chi connectivity index (χ0v) is 12.3. The fraction of sp³-hybridized carbons (Fsp3) is 0.571. The minimum absolute atomic E-state index is 0.489. The van der Waals surface area contributed by atoms with Crippen molar-refractivity contribution in [1.82, 2.24) is 0 Å². The SMILES string of the molecule is Cc1ccc(OCCCCCC(C)S(=O)(=O)O)cc1. The summed E-state index contributed by atoms with van der Waals surface area (Å²) in [6, 6.07) is 7.89. The van der Waals surface area contributed by atoms with Crippen LogP contribution in [0.3, 0.4) is 0 Å². The molecule has 19 heavy (non-hydrogen) atoms. The summed E-state index contributed by atoms with van der Waals surface area (Å²) in [7, 11) is -3.87. The highest BCUT2D eigenvalue weighted by Crippen LogP contribution is 2.13. The summed E-state index contributed by atoms with van der Waals surface area (Å²) in [6.45, 7) is 4.18. The molecule has 0 saturated carbocycles. The van der Waals surface area contributed by atoms with Gasteiger partial charge in [-0.15, -0.1) is 0 Å². The van der Waals surface area contributed by atoms with Crippen LogP contribution < -0.4 is 4.74 Å². The summed E-state index contributed by atoms with van der Waals surface area (Å²) in [6.07, 6.45) is 3.04. The Balaban J connectivity index is 2.10. The molecule has 4 nitrogen and oxygen atoms in total. The number of aryl methyl sites for hydroxylation is 1. The highest BCUT2D eigenvalue weighted by atomic mass is 32.2. The van der Waals surface area contributed by atoms with Crippen LogP contribution in [0.2, 0.25) is 0 Å². The third kappa shape index (κ3) is 6.59. The quantitative estimate of drug-likeness (QED) is 0.588. The molecule has 1 aromatic rings. The van der Waals surface area contributed by atoms with E-state index < -0.39 is 15.4 Å². The van der Waals surface area contributed by atoms with Gasteiger partial charge in [-0.3, -0.25) is 4.55 Å². The molecule has 0 amide bonds. The Morgan fingerprint density at radius 1 is 1.16 bits per heavy atom. The van der Waals surface area contributed by atoms with Crippen molar-refractivity contribution in [1.29, 1.82) is 0 Å². The average molecular weight is 286 g/mol. The molecule has 0 aromatic heterocycles. The normalized spacial score (nSPS) is 13.2. The van der Waals surface area contributed by atoms with Crippen LogP contribution in [0.15, 0.2) is 24.3 Å². The topological polar surface area (TPSA) is 63.6 Å². The smallest absolute Gasteiger partial charge is 0.267 e. The molecule has 0 aliphatic rings. The second-order valence-electron chi connectivity index (χ2n) is 4.84. The summed E-state index contributed by atoms with van der Waals surface area (Å²) >= 11 is 0. The first kappa shape index (κ1) is 16.0. The Kier molecular flexibility index (Phi) is 6.31. The Morgan fingerprint density at radius 2 is 1.79 bits per heavy atom. The second kappa shape index (κ2) is 7.50. The summed E-state index contributed by atoms with van der Waals surface area (Å²) in [5.74, 6) is 0.858. The number of rotatable bonds is 8. The molecule has 0 fully saturated rings. The summed E-state index contributed by atoms with van der Waals surface area (Å²) in [5.41, 5.74) is 1.20. The molecular weight excluding hydrogens is 264 g/mol. The number of benzene rings is 1. The third-order valence-electron chi connectivity index (χ3n) is 3.05. The lowest BCUT2D eigenvalue weighted by molar-refractivity contribution is 0.304. The lowest BCUT2D eigenvalue weighted by Gasteiger charge is -2.08. The van der Waals surface area contributed by atoms with Crippen LogP contribution in [0, 0.1) is 6.92 Å². The van der Waals surface area contributed by atoms with Gasteiger partial charge in [0, 0.05) is 0 Å². The van der Waals surface area contributed by atoms with Gasteiger partial charge in [0.2, 0.25) is 0 Å². The zero-order chi connectivity index (χ0) is 14.3. The minimum atomic E-state index is -3.87. The van der Waals surface area contributed by atoms with E-state index >= 15 is 0 Å². The minimum Gasteiger partial charge on any atom is -0.494 e. The molecule has 0 spiro atoms. The van der Waals surface area contributed by atoms with Crippen LogP contribution in [0.1, 0.15) is 38.2 Å². The van der Waals surface area contributed by atoms with E-state index in [1.807, 2.05) is 31.2 Å². The highest BCUT2D eigenvalue weighted by Gasteiger charge is 2.15. The van der Waals surface area contributed by atoms with Crippen molar-refractivity contribution < 1.29 is 17.7 Å². The third-order valence-corrected chi connectivity index (χ3v) is 4.31. The molecule has 5 heteroatoms. The van der Waals surface area contributed by atoms with Crippen molar-refractivity contribution in [3.8, 4) is 5.75 Å². The first-order valence-electron chi connectivity index (χ1n) is 6.55. The molecule has 0 bridgehead atoms. The summed E-state index contributed by atoms with van der Waals surface area (Å²) in [5, 5.41) is -0.675. The van der Waals surface area contributed by atoms with E-state index in [0.717, 1.165) is 25.0 Å². The maximum absolute atomic E-state index is 10.8. The van der Waals surface area contributed by atoms with Gasteiger partial charge in [-0.05, 0) is 38.8 Å². The van der Waals surface area contributed by atoms with Gasteiger partial charge in [0.05, 0.1) is 11.9 Å². The number of unbranched alkanes of at least 4 members (excludes halogenated alkanes) is 2. The van der Waals surface area contributed by atoms with Crippen LogP contribution >= 0.6 is 0 Å². The van der Waals surface area contributed by atoms with Gasteiger partial charge in [0.1, 0.15) is 5.75 Å². The maximum atomic E-state index is 10.8. The van der Waals surface area contributed by atoms with Crippen molar-refractivity contribution in [3.05, 3.63) is 29.8 Å². The molecule has 108 valence electrons. The monoisotopic (exact) mass is 286 g/mol. The van der Waals surface area contributed by atoms with Gasteiger partial charge < -0.3 is 4.74 Å². The first-order valence-corrected chi connectivity index (χ1v) is 8.05. The fourth-order valence-corrected chi connectivity index (χ4v) is 2.15. The van der Waals surface area contributed by atoms with Gasteiger partial charge in [0.15, 0.2) is 0 Å². The Morgan fingerprint density at radius 3 is 2.37 bits per heavy atom. The lowest BCUT2D eigenvalue weighted by atomic mass is 10.1. The molecule has 0 aliphatic heterocycles. The molecule has 1 unspecified atom stereocenters. The predicted octanol–water partition coefficient (Wildman–Crippen LogP) is 3.21. The first-order chi connectivity index (χ1) is 8.89. The fourth-order valence-electron chi connectivity index (χ4n) is 1.68. The lowest BCUT2D eigenvalue weighted by Crippen LogP contribution is -2.16. The average Bonchev–Trinajstić information content (AvgIpc) is 2.34. The maximum Gasteiger partial charge on any atom is 0.267 e. The van der Waals surface area contributed by atoms with Gasteiger partial charge in [0.25, 0.3) is 10.1 Å². The van der Waals surface area contributed by atoms with E-state index in [-0.39, 0.29) is 0 Å². The summed E-state index contributed by atoms with van der Waals surface area (Å²) < 4.78 is 36.0.